The number of imide groups is 1. The fraction of sp³-hybridized carbons (Fsp3) is 0.0667. The lowest BCUT2D eigenvalue weighted by Gasteiger charge is -2.14. The van der Waals surface area contributed by atoms with Crippen molar-refractivity contribution in [2.45, 2.75) is 4.90 Å². The maximum atomic E-state index is 12.3. The van der Waals surface area contributed by atoms with Crippen molar-refractivity contribution in [3.8, 4) is 0 Å². The zero-order valence-corrected chi connectivity index (χ0v) is 11.1. The summed E-state index contributed by atoms with van der Waals surface area (Å²) >= 11 is 1.58. The van der Waals surface area contributed by atoms with Crippen LogP contribution < -0.4 is 4.90 Å². The number of thioether (sulfide) groups is 1. The van der Waals surface area contributed by atoms with Crippen LogP contribution in [0.25, 0.3) is 0 Å². The highest BCUT2D eigenvalue weighted by Crippen LogP contribution is 2.30. The van der Waals surface area contributed by atoms with E-state index in [1.54, 1.807) is 42.1 Å². The standard InChI is InChI=1S/C15H11NO2S/c1-19-11-6-4-5-10(9-11)16-14(17)12-7-2-3-8-13(12)15(16)18/h2-9H,1H3. The van der Waals surface area contributed by atoms with E-state index in [4.69, 9.17) is 0 Å². The molecule has 0 spiro atoms. The summed E-state index contributed by atoms with van der Waals surface area (Å²) in [6.45, 7) is 0. The third-order valence-electron chi connectivity index (χ3n) is 3.11. The Morgan fingerprint density at radius 1 is 0.895 bits per heavy atom. The molecule has 19 heavy (non-hydrogen) atoms. The van der Waals surface area contributed by atoms with Gasteiger partial charge in [-0.3, -0.25) is 9.59 Å². The summed E-state index contributed by atoms with van der Waals surface area (Å²) in [4.78, 5) is 26.9. The molecule has 2 aromatic carbocycles. The van der Waals surface area contributed by atoms with Crippen LogP contribution in [-0.4, -0.2) is 18.1 Å². The molecule has 94 valence electrons. The van der Waals surface area contributed by atoms with E-state index >= 15 is 0 Å². The van der Waals surface area contributed by atoms with Gasteiger partial charge in [-0.05, 0) is 36.6 Å². The van der Waals surface area contributed by atoms with Crippen LogP contribution in [0.1, 0.15) is 20.7 Å². The third kappa shape index (κ3) is 1.85. The minimum Gasteiger partial charge on any atom is -0.268 e. The van der Waals surface area contributed by atoms with E-state index in [0.29, 0.717) is 16.8 Å². The van der Waals surface area contributed by atoms with Crippen LogP contribution in [-0.2, 0) is 0 Å². The van der Waals surface area contributed by atoms with Gasteiger partial charge in [-0.15, -0.1) is 11.8 Å². The van der Waals surface area contributed by atoms with Gasteiger partial charge in [0.25, 0.3) is 11.8 Å². The molecule has 0 aromatic heterocycles. The van der Waals surface area contributed by atoms with Gasteiger partial charge in [-0.2, -0.15) is 0 Å². The van der Waals surface area contributed by atoms with Gasteiger partial charge < -0.3 is 0 Å². The van der Waals surface area contributed by atoms with Crippen molar-refractivity contribution in [3.63, 3.8) is 0 Å². The zero-order valence-electron chi connectivity index (χ0n) is 10.3. The Balaban J connectivity index is 2.08. The molecule has 1 aliphatic heterocycles. The maximum absolute atomic E-state index is 12.3. The minimum atomic E-state index is -0.251. The number of hydrogen-bond acceptors (Lipinski definition) is 3. The predicted molar refractivity (Wildman–Crippen MR) is 75.8 cm³/mol. The van der Waals surface area contributed by atoms with E-state index in [-0.39, 0.29) is 11.8 Å². The summed E-state index contributed by atoms with van der Waals surface area (Å²) < 4.78 is 0. The van der Waals surface area contributed by atoms with E-state index in [1.807, 2.05) is 24.5 Å². The molecule has 0 unspecified atom stereocenters. The molecular weight excluding hydrogens is 258 g/mol. The molecule has 0 bridgehead atoms. The van der Waals surface area contributed by atoms with E-state index < -0.39 is 0 Å². The van der Waals surface area contributed by atoms with Crippen molar-refractivity contribution < 1.29 is 9.59 Å². The van der Waals surface area contributed by atoms with E-state index in [0.717, 1.165) is 4.90 Å². The minimum absolute atomic E-state index is 0.251. The molecule has 0 N–H and O–H groups in total. The Morgan fingerprint density at radius 2 is 1.53 bits per heavy atom. The fourth-order valence-electron chi connectivity index (χ4n) is 2.17. The van der Waals surface area contributed by atoms with E-state index in [2.05, 4.69) is 0 Å². The summed E-state index contributed by atoms with van der Waals surface area (Å²) in [7, 11) is 0. The van der Waals surface area contributed by atoms with Crippen LogP contribution in [0.15, 0.2) is 53.4 Å². The summed E-state index contributed by atoms with van der Waals surface area (Å²) in [5, 5.41) is 0. The lowest BCUT2D eigenvalue weighted by atomic mass is 10.1. The summed E-state index contributed by atoms with van der Waals surface area (Å²) in [5.74, 6) is -0.502. The Kier molecular flexibility index (Phi) is 2.87. The molecule has 2 aromatic rings. The number of nitrogens with zero attached hydrogens (tertiary/aromatic N) is 1. The first-order chi connectivity index (χ1) is 9.22. The normalized spacial score (nSPS) is 13.8. The van der Waals surface area contributed by atoms with Crippen molar-refractivity contribution in [2.75, 3.05) is 11.2 Å². The van der Waals surface area contributed by atoms with Crippen molar-refractivity contribution in [3.05, 3.63) is 59.7 Å². The molecule has 4 heteroatoms. The van der Waals surface area contributed by atoms with Crippen molar-refractivity contribution in [1.82, 2.24) is 0 Å². The number of fused-ring (bicyclic) bond motifs is 1. The second-order valence-corrected chi connectivity index (χ2v) is 5.07. The van der Waals surface area contributed by atoms with Crippen LogP contribution in [0, 0.1) is 0 Å². The van der Waals surface area contributed by atoms with E-state index in [1.165, 1.54) is 4.90 Å². The largest absolute Gasteiger partial charge is 0.268 e. The molecule has 0 fully saturated rings. The Labute approximate surface area is 115 Å². The third-order valence-corrected chi connectivity index (χ3v) is 3.83. The van der Waals surface area contributed by atoms with E-state index in [9.17, 15) is 9.59 Å². The van der Waals surface area contributed by atoms with Gasteiger partial charge in [0, 0.05) is 4.90 Å². The van der Waals surface area contributed by atoms with Crippen LogP contribution in [0.3, 0.4) is 0 Å². The van der Waals surface area contributed by atoms with Gasteiger partial charge >= 0.3 is 0 Å². The highest BCUT2D eigenvalue weighted by atomic mass is 32.2. The first-order valence-corrected chi connectivity index (χ1v) is 7.06. The van der Waals surface area contributed by atoms with Gasteiger partial charge in [0.2, 0.25) is 0 Å². The van der Waals surface area contributed by atoms with Gasteiger partial charge in [0.05, 0.1) is 16.8 Å². The average molecular weight is 269 g/mol. The van der Waals surface area contributed by atoms with Crippen molar-refractivity contribution in [1.29, 1.82) is 0 Å². The summed E-state index contributed by atoms with van der Waals surface area (Å²) in [6, 6.07) is 14.4. The summed E-state index contributed by atoms with van der Waals surface area (Å²) in [6.07, 6.45) is 1.96. The molecule has 2 amide bonds. The average Bonchev–Trinajstić information content (AvgIpc) is 2.72. The topological polar surface area (TPSA) is 37.4 Å². The van der Waals surface area contributed by atoms with Crippen LogP contribution in [0.5, 0.6) is 0 Å². The van der Waals surface area contributed by atoms with Gasteiger partial charge in [0.1, 0.15) is 0 Å². The first-order valence-electron chi connectivity index (χ1n) is 5.84. The maximum Gasteiger partial charge on any atom is 0.266 e. The molecule has 0 radical (unpaired) electrons. The van der Waals surface area contributed by atoms with Crippen LogP contribution in [0.4, 0.5) is 5.69 Å². The lowest BCUT2D eigenvalue weighted by molar-refractivity contribution is 0.0926. The second-order valence-electron chi connectivity index (χ2n) is 4.19. The lowest BCUT2D eigenvalue weighted by Crippen LogP contribution is -2.29. The monoisotopic (exact) mass is 269 g/mol. The fourth-order valence-corrected chi connectivity index (χ4v) is 2.63. The van der Waals surface area contributed by atoms with Crippen molar-refractivity contribution in [2.24, 2.45) is 0 Å². The Bertz CT molecular complexity index is 646. The highest BCUT2D eigenvalue weighted by molar-refractivity contribution is 7.98. The molecule has 0 saturated heterocycles. The second kappa shape index (κ2) is 4.55. The molecule has 0 aliphatic carbocycles. The van der Waals surface area contributed by atoms with Gasteiger partial charge in [0.15, 0.2) is 0 Å². The van der Waals surface area contributed by atoms with Gasteiger partial charge in [-0.25, -0.2) is 4.90 Å². The molecule has 1 heterocycles. The molecule has 0 atom stereocenters. The van der Waals surface area contributed by atoms with Crippen LogP contribution in [0.2, 0.25) is 0 Å². The number of carbonyl (C=O) groups is 2. The SMILES string of the molecule is CSc1cccc(N2C(=O)c3ccccc3C2=O)c1. The predicted octanol–water partition coefficient (Wildman–Crippen LogP) is 3.21. The number of benzene rings is 2. The quantitative estimate of drug-likeness (QED) is 0.620. The Hall–Kier alpha value is -2.07. The first kappa shape index (κ1) is 12.0. The number of rotatable bonds is 2. The zero-order chi connectivity index (χ0) is 13.4. The molecule has 3 nitrogen and oxygen atoms in total. The number of carbonyl (C=O) groups excluding carboxylic acids is 2. The van der Waals surface area contributed by atoms with Gasteiger partial charge in [-0.1, -0.05) is 18.2 Å². The summed E-state index contributed by atoms with van der Waals surface area (Å²) in [5.41, 5.74) is 1.57. The highest BCUT2D eigenvalue weighted by Gasteiger charge is 2.36. The molecule has 1 aliphatic rings. The number of anilines is 1. The molecule has 3 rings (SSSR count). The smallest absolute Gasteiger partial charge is 0.266 e. The van der Waals surface area contributed by atoms with Crippen molar-refractivity contribution >= 4 is 29.3 Å². The number of amides is 2. The number of hydrogen-bond donors (Lipinski definition) is 0. The Morgan fingerprint density at radius 3 is 2.11 bits per heavy atom. The molecule has 0 saturated carbocycles. The van der Waals surface area contributed by atoms with Crippen LogP contribution >= 0.6 is 11.8 Å². The molecular formula is C15H11NO2S.